The fourth-order valence-electron chi connectivity index (χ4n) is 2.81. The molecule has 5 heteroatoms. The van der Waals surface area contributed by atoms with E-state index in [2.05, 4.69) is 9.97 Å². The molecule has 106 valence electrons. The Morgan fingerprint density at radius 3 is 2.63 bits per heavy atom. The number of rotatable bonds is 5. The largest absolute Gasteiger partial charge is 0.493 e. The Balaban J connectivity index is 2.32. The Morgan fingerprint density at radius 1 is 1.42 bits per heavy atom. The first-order valence-electron chi connectivity index (χ1n) is 7.12. The monoisotopic (exact) mass is 266 g/mol. The van der Waals surface area contributed by atoms with Gasteiger partial charge in [-0.15, -0.1) is 0 Å². The first kappa shape index (κ1) is 14.1. The highest BCUT2D eigenvalue weighted by Crippen LogP contribution is 2.35. The fraction of sp³-hybridized carbons (Fsp3) is 0.714. The summed E-state index contributed by atoms with van der Waals surface area (Å²) in [4.78, 5) is 19.1. The van der Waals surface area contributed by atoms with Gasteiger partial charge >= 0.3 is 0 Å². The van der Waals surface area contributed by atoms with Crippen LogP contribution in [0.3, 0.4) is 0 Å². The molecule has 2 N–H and O–H groups in total. The highest BCUT2D eigenvalue weighted by molar-refractivity contribution is 5.27. The predicted molar refractivity (Wildman–Crippen MR) is 72.4 cm³/mol. The minimum atomic E-state index is -0.263. The molecule has 0 amide bonds. The molecule has 0 aromatic carbocycles. The predicted octanol–water partition coefficient (Wildman–Crippen LogP) is 2.62. The summed E-state index contributed by atoms with van der Waals surface area (Å²) < 4.78 is 5.51. The Labute approximate surface area is 113 Å². The van der Waals surface area contributed by atoms with Crippen molar-refractivity contribution in [2.45, 2.75) is 58.0 Å². The van der Waals surface area contributed by atoms with Crippen molar-refractivity contribution >= 4 is 0 Å². The van der Waals surface area contributed by atoms with Crippen LogP contribution in [0.1, 0.15) is 69.4 Å². The molecule has 19 heavy (non-hydrogen) atoms. The number of aromatic hydroxyl groups is 1. The highest BCUT2D eigenvalue weighted by Gasteiger charge is 2.25. The molecule has 0 bridgehead atoms. The molecule has 1 unspecified atom stereocenters. The van der Waals surface area contributed by atoms with Crippen molar-refractivity contribution in [3.05, 3.63) is 21.7 Å². The van der Waals surface area contributed by atoms with Gasteiger partial charge in [0.25, 0.3) is 5.56 Å². The summed E-state index contributed by atoms with van der Waals surface area (Å²) in [6.07, 6.45) is 4.59. The SMILES string of the molecule is CCOC(CC)c1nc(O)c(C2CCCC2)c(=O)[nH]1. The molecular weight excluding hydrogens is 244 g/mol. The maximum Gasteiger partial charge on any atom is 0.258 e. The number of nitrogens with zero attached hydrogens (tertiary/aromatic N) is 1. The van der Waals surface area contributed by atoms with Gasteiger partial charge in [-0.3, -0.25) is 4.79 Å². The molecule has 2 rings (SSSR count). The lowest BCUT2D eigenvalue weighted by Gasteiger charge is -2.16. The average molecular weight is 266 g/mol. The summed E-state index contributed by atoms with van der Waals surface area (Å²) >= 11 is 0. The van der Waals surface area contributed by atoms with Crippen LogP contribution in [-0.4, -0.2) is 21.7 Å². The molecule has 1 heterocycles. The van der Waals surface area contributed by atoms with Crippen molar-refractivity contribution in [3.8, 4) is 5.88 Å². The summed E-state index contributed by atoms with van der Waals surface area (Å²) in [5.41, 5.74) is 0.236. The van der Waals surface area contributed by atoms with Crippen LogP contribution in [0.4, 0.5) is 0 Å². The van der Waals surface area contributed by atoms with Crippen molar-refractivity contribution in [1.82, 2.24) is 9.97 Å². The Kier molecular flexibility index (Phi) is 4.58. The molecule has 1 atom stereocenters. The lowest BCUT2D eigenvalue weighted by atomic mass is 10.00. The van der Waals surface area contributed by atoms with E-state index in [1.54, 1.807) is 0 Å². The van der Waals surface area contributed by atoms with Crippen LogP contribution in [0, 0.1) is 0 Å². The second-order valence-corrected chi connectivity index (χ2v) is 5.02. The van der Waals surface area contributed by atoms with Crippen molar-refractivity contribution < 1.29 is 9.84 Å². The van der Waals surface area contributed by atoms with Gasteiger partial charge in [-0.1, -0.05) is 19.8 Å². The highest BCUT2D eigenvalue weighted by atomic mass is 16.5. The zero-order valence-electron chi connectivity index (χ0n) is 11.6. The fourth-order valence-corrected chi connectivity index (χ4v) is 2.81. The average Bonchev–Trinajstić information content (AvgIpc) is 2.88. The van der Waals surface area contributed by atoms with Gasteiger partial charge in [0.2, 0.25) is 5.88 Å². The minimum Gasteiger partial charge on any atom is -0.493 e. The molecule has 5 nitrogen and oxygen atoms in total. The third-order valence-corrected chi connectivity index (χ3v) is 3.76. The van der Waals surface area contributed by atoms with Crippen LogP contribution in [0.15, 0.2) is 4.79 Å². The molecule has 1 saturated carbocycles. The van der Waals surface area contributed by atoms with Crippen LogP contribution in [0.25, 0.3) is 0 Å². The van der Waals surface area contributed by atoms with Crippen molar-refractivity contribution in [2.75, 3.05) is 6.61 Å². The first-order valence-corrected chi connectivity index (χ1v) is 7.12. The minimum absolute atomic E-state index is 0.121. The van der Waals surface area contributed by atoms with Crippen LogP contribution >= 0.6 is 0 Å². The number of nitrogens with one attached hydrogen (secondary N) is 1. The third kappa shape index (κ3) is 2.97. The summed E-state index contributed by atoms with van der Waals surface area (Å²) in [5.74, 6) is 0.454. The smallest absolute Gasteiger partial charge is 0.258 e. The molecule has 0 radical (unpaired) electrons. The van der Waals surface area contributed by atoms with Gasteiger partial charge in [0, 0.05) is 6.61 Å². The van der Waals surface area contributed by atoms with Gasteiger partial charge in [0.15, 0.2) is 0 Å². The molecule has 1 aliphatic rings. The number of aromatic amines is 1. The molecule has 1 aromatic rings. The van der Waals surface area contributed by atoms with Gasteiger partial charge < -0.3 is 14.8 Å². The van der Waals surface area contributed by atoms with E-state index in [0.717, 1.165) is 25.7 Å². The lowest BCUT2D eigenvalue weighted by molar-refractivity contribution is 0.0527. The normalized spacial score (nSPS) is 17.8. The lowest BCUT2D eigenvalue weighted by Crippen LogP contribution is -2.21. The van der Waals surface area contributed by atoms with E-state index < -0.39 is 0 Å². The second kappa shape index (κ2) is 6.19. The number of aromatic nitrogens is 2. The maximum atomic E-state index is 12.2. The van der Waals surface area contributed by atoms with Gasteiger partial charge in [-0.05, 0) is 32.1 Å². The van der Waals surface area contributed by atoms with E-state index in [4.69, 9.17) is 4.74 Å². The second-order valence-electron chi connectivity index (χ2n) is 5.02. The van der Waals surface area contributed by atoms with Gasteiger partial charge in [-0.25, -0.2) is 0 Å². The number of hydrogen-bond donors (Lipinski definition) is 2. The Hall–Kier alpha value is -1.36. The van der Waals surface area contributed by atoms with Crippen LogP contribution in [0.2, 0.25) is 0 Å². The first-order chi connectivity index (χ1) is 9.17. The van der Waals surface area contributed by atoms with E-state index in [-0.39, 0.29) is 23.5 Å². The summed E-state index contributed by atoms with van der Waals surface area (Å²) in [6.45, 7) is 4.41. The standard InChI is InChI=1S/C14H22N2O3/c1-3-10(19-4-2)12-15-13(17)11(14(18)16-12)9-7-5-6-8-9/h9-10H,3-8H2,1-2H3,(H2,15,16,17,18). The Bertz CT molecular complexity index is 478. The number of H-pyrrole nitrogens is 1. The molecular formula is C14H22N2O3. The van der Waals surface area contributed by atoms with E-state index >= 15 is 0 Å². The zero-order chi connectivity index (χ0) is 13.8. The Morgan fingerprint density at radius 2 is 2.11 bits per heavy atom. The maximum absolute atomic E-state index is 12.2. The van der Waals surface area contributed by atoms with Crippen molar-refractivity contribution in [3.63, 3.8) is 0 Å². The molecule has 1 aromatic heterocycles. The van der Waals surface area contributed by atoms with Crippen molar-refractivity contribution in [1.29, 1.82) is 0 Å². The molecule has 0 aliphatic heterocycles. The number of ether oxygens (including phenoxy) is 1. The van der Waals surface area contributed by atoms with E-state index in [1.165, 1.54) is 0 Å². The quantitative estimate of drug-likeness (QED) is 0.859. The summed E-state index contributed by atoms with van der Waals surface area (Å²) in [5, 5.41) is 10.1. The van der Waals surface area contributed by atoms with Crippen LogP contribution in [0.5, 0.6) is 5.88 Å². The molecule has 0 saturated heterocycles. The third-order valence-electron chi connectivity index (χ3n) is 3.76. The molecule has 1 fully saturated rings. The van der Waals surface area contributed by atoms with E-state index in [0.29, 0.717) is 24.4 Å². The van der Waals surface area contributed by atoms with Crippen LogP contribution in [-0.2, 0) is 4.74 Å². The summed E-state index contributed by atoms with van der Waals surface area (Å²) in [6, 6.07) is 0. The topological polar surface area (TPSA) is 75.2 Å². The molecule has 0 spiro atoms. The van der Waals surface area contributed by atoms with Crippen molar-refractivity contribution in [2.24, 2.45) is 0 Å². The number of hydrogen-bond acceptors (Lipinski definition) is 4. The van der Waals surface area contributed by atoms with Crippen LogP contribution < -0.4 is 5.56 Å². The van der Waals surface area contributed by atoms with E-state index in [9.17, 15) is 9.90 Å². The molecule has 1 aliphatic carbocycles. The van der Waals surface area contributed by atoms with E-state index in [1.807, 2.05) is 13.8 Å². The van der Waals surface area contributed by atoms with Gasteiger partial charge in [0.05, 0.1) is 5.56 Å². The summed E-state index contributed by atoms with van der Waals surface area (Å²) in [7, 11) is 0. The zero-order valence-corrected chi connectivity index (χ0v) is 11.6. The van der Waals surface area contributed by atoms with Gasteiger partial charge in [-0.2, -0.15) is 4.98 Å². The van der Waals surface area contributed by atoms with Gasteiger partial charge in [0.1, 0.15) is 11.9 Å².